The maximum atomic E-state index is 11.6. The summed E-state index contributed by atoms with van der Waals surface area (Å²) in [6.45, 7) is 2.13. The molecular formula is C14H16O4. The van der Waals surface area contributed by atoms with Crippen LogP contribution in [0.2, 0.25) is 0 Å². The minimum absolute atomic E-state index is 0.308. The van der Waals surface area contributed by atoms with Gasteiger partial charge in [-0.25, -0.2) is 4.79 Å². The predicted octanol–water partition coefficient (Wildman–Crippen LogP) is 2.23. The molecule has 2 aliphatic rings. The van der Waals surface area contributed by atoms with Crippen LogP contribution in [-0.4, -0.2) is 23.7 Å². The van der Waals surface area contributed by atoms with Crippen LogP contribution in [0.4, 0.5) is 0 Å². The first-order valence-electron chi connectivity index (χ1n) is 6.11. The van der Waals surface area contributed by atoms with Crippen molar-refractivity contribution in [3.05, 3.63) is 34.9 Å². The molecule has 96 valence electrons. The molecule has 0 saturated carbocycles. The Labute approximate surface area is 106 Å². The van der Waals surface area contributed by atoms with E-state index in [1.165, 1.54) is 0 Å². The molecule has 0 aliphatic heterocycles. The van der Waals surface area contributed by atoms with E-state index in [-0.39, 0.29) is 11.9 Å². The van der Waals surface area contributed by atoms with E-state index in [0.29, 0.717) is 31.4 Å². The summed E-state index contributed by atoms with van der Waals surface area (Å²) in [5.41, 5.74) is 2.73. The lowest BCUT2D eigenvalue weighted by Crippen LogP contribution is -2.10. The number of carbonyl (C=O) groups excluding carboxylic acids is 1. The van der Waals surface area contributed by atoms with Gasteiger partial charge in [-0.15, -0.1) is 0 Å². The van der Waals surface area contributed by atoms with E-state index in [0.717, 1.165) is 11.1 Å². The first kappa shape index (κ1) is 12.6. The SMILES string of the molecule is CCOC(=O)C1=CCC2=C(C=C1)C[C@H](C(=O)O)C2. The van der Waals surface area contributed by atoms with Crippen LogP contribution in [0, 0.1) is 5.92 Å². The molecule has 1 atom stereocenters. The summed E-state index contributed by atoms with van der Waals surface area (Å²) in [7, 11) is 0. The van der Waals surface area contributed by atoms with Crippen LogP contribution in [0.1, 0.15) is 26.2 Å². The molecule has 0 unspecified atom stereocenters. The largest absolute Gasteiger partial charge is 0.481 e. The molecule has 18 heavy (non-hydrogen) atoms. The normalized spacial score (nSPS) is 22.3. The maximum Gasteiger partial charge on any atom is 0.337 e. The Balaban J connectivity index is 2.07. The van der Waals surface area contributed by atoms with Crippen LogP contribution in [0.5, 0.6) is 0 Å². The highest BCUT2D eigenvalue weighted by Gasteiger charge is 2.28. The number of allylic oxidation sites excluding steroid dienone is 4. The number of carbonyl (C=O) groups is 2. The van der Waals surface area contributed by atoms with Gasteiger partial charge < -0.3 is 9.84 Å². The summed E-state index contributed by atoms with van der Waals surface area (Å²) >= 11 is 0. The number of carboxylic acid groups (broad SMARTS) is 1. The second kappa shape index (κ2) is 5.21. The van der Waals surface area contributed by atoms with Crippen molar-refractivity contribution in [2.24, 2.45) is 5.92 Å². The van der Waals surface area contributed by atoms with E-state index in [1.807, 2.05) is 12.2 Å². The highest BCUT2D eigenvalue weighted by molar-refractivity contribution is 5.92. The van der Waals surface area contributed by atoms with Gasteiger partial charge in [0.25, 0.3) is 0 Å². The second-order valence-corrected chi connectivity index (χ2v) is 4.49. The predicted molar refractivity (Wildman–Crippen MR) is 65.9 cm³/mol. The Morgan fingerprint density at radius 1 is 1.39 bits per heavy atom. The Bertz CT molecular complexity index is 468. The van der Waals surface area contributed by atoms with E-state index in [1.54, 1.807) is 13.0 Å². The summed E-state index contributed by atoms with van der Waals surface area (Å²) in [5, 5.41) is 9.00. The topological polar surface area (TPSA) is 63.6 Å². The standard InChI is InChI=1S/C14H16O4/c1-2-18-14(17)9-3-5-10-7-12(13(15)16)8-11(10)6-4-9/h3-5,12H,2,6-8H2,1H3,(H,15,16)/t12-/m0/s1. The van der Waals surface area contributed by atoms with Gasteiger partial charge in [0.1, 0.15) is 0 Å². The fourth-order valence-electron chi connectivity index (χ4n) is 2.34. The Morgan fingerprint density at radius 3 is 2.83 bits per heavy atom. The van der Waals surface area contributed by atoms with Gasteiger partial charge in [-0.2, -0.15) is 0 Å². The van der Waals surface area contributed by atoms with Crippen LogP contribution < -0.4 is 0 Å². The number of hydrogen-bond acceptors (Lipinski definition) is 3. The molecule has 0 aromatic carbocycles. The van der Waals surface area contributed by atoms with E-state index >= 15 is 0 Å². The first-order valence-corrected chi connectivity index (χ1v) is 6.11. The van der Waals surface area contributed by atoms with Crippen LogP contribution in [0.3, 0.4) is 0 Å². The number of ether oxygens (including phenoxy) is 1. The Morgan fingerprint density at radius 2 is 2.17 bits per heavy atom. The highest BCUT2D eigenvalue weighted by Crippen LogP contribution is 2.36. The zero-order valence-electron chi connectivity index (χ0n) is 10.3. The molecule has 2 rings (SSSR count). The second-order valence-electron chi connectivity index (χ2n) is 4.49. The van der Waals surface area contributed by atoms with Crippen LogP contribution in [0.25, 0.3) is 0 Å². The minimum Gasteiger partial charge on any atom is -0.481 e. The van der Waals surface area contributed by atoms with Gasteiger partial charge in [0, 0.05) is 0 Å². The summed E-state index contributed by atoms with van der Waals surface area (Å²) in [5.74, 6) is -1.37. The maximum absolute atomic E-state index is 11.6. The molecule has 2 aliphatic carbocycles. The van der Waals surface area contributed by atoms with Gasteiger partial charge >= 0.3 is 11.9 Å². The number of rotatable bonds is 3. The lowest BCUT2D eigenvalue weighted by Gasteiger charge is -2.04. The average molecular weight is 248 g/mol. The molecule has 0 amide bonds. The summed E-state index contributed by atoms with van der Waals surface area (Å²) in [6.07, 6.45) is 7.19. The Hall–Kier alpha value is -1.84. The van der Waals surface area contributed by atoms with Gasteiger partial charge in [0.05, 0.1) is 18.1 Å². The van der Waals surface area contributed by atoms with Crippen molar-refractivity contribution in [2.45, 2.75) is 26.2 Å². The first-order chi connectivity index (χ1) is 8.61. The molecule has 0 bridgehead atoms. The van der Waals surface area contributed by atoms with Gasteiger partial charge in [-0.3, -0.25) is 4.79 Å². The smallest absolute Gasteiger partial charge is 0.337 e. The molecule has 0 heterocycles. The zero-order chi connectivity index (χ0) is 13.1. The molecule has 4 nitrogen and oxygen atoms in total. The lowest BCUT2D eigenvalue weighted by molar-refractivity contribution is -0.141. The van der Waals surface area contributed by atoms with Gasteiger partial charge in [0.15, 0.2) is 0 Å². The zero-order valence-corrected chi connectivity index (χ0v) is 10.3. The van der Waals surface area contributed by atoms with Crippen molar-refractivity contribution >= 4 is 11.9 Å². The van der Waals surface area contributed by atoms with E-state index < -0.39 is 5.97 Å². The lowest BCUT2D eigenvalue weighted by atomic mass is 10.0. The molecular weight excluding hydrogens is 232 g/mol. The fraction of sp³-hybridized carbons (Fsp3) is 0.429. The molecule has 0 fully saturated rings. The van der Waals surface area contributed by atoms with Crippen molar-refractivity contribution in [3.63, 3.8) is 0 Å². The molecule has 0 aromatic rings. The van der Waals surface area contributed by atoms with Gasteiger partial charge in [-0.1, -0.05) is 17.7 Å². The highest BCUT2D eigenvalue weighted by atomic mass is 16.5. The Kier molecular flexibility index (Phi) is 3.65. The number of esters is 1. The molecule has 0 spiro atoms. The summed E-state index contributed by atoms with van der Waals surface area (Å²) < 4.78 is 4.95. The van der Waals surface area contributed by atoms with Crippen LogP contribution in [-0.2, 0) is 14.3 Å². The van der Waals surface area contributed by atoms with E-state index in [9.17, 15) is 9.59 Å². The average Bonchev–Trinajstić information content (AvgIpc) is 2.64. The van der Waals surface area contributed by atoms with Crippen molar-refractivity contribution in [1.82, 2.24) is 0 Å². The third kappa shape index (κ3) is 2.53. The molecule has 0 saturated heterocycles. The van der Waals surface area contributed by atoms with Gasteiger partial charge in [-0.05, 0) is 37.8 Å². The van der Waals surface area contributed by atoms with Crippen molar-refractivity contribution in [3.8, 4) is 0 Å². The molecule has 4 heteroatoms. The quantitative estimate of drug-likeness (QED) is 0.778. The van der Waals surface area contributed by atoms with Crippen LogP contribution in [0.15, 0.2) is 34.9 Å². The third-order valence-electron chi connectivity index (χ3n) is 3.31. The summed E-state index contributed by atoms with van der Waals surface area (Å²) in [4.78, 5) is 22.5. The van der Waals surface area contributed by atoms with Crippen molar-refractivity contribution < 1.29 is 19.4 Å². The van der Waals surface area contributed by atoms with Crippen LogP contribution >= 0.6 is 0 Å². The minimum atomic E-state index is -0.744. The number of hydrogen-bond donors (Lipinski definition) is 1. The molecule has 0 aromatic heterocycles. The molecule has 0 radical (unpaired) electrons. The third-order valence-corrected chi connectivity index (χ3v) is 3.31. The molecule has 1 N–H and O–H groups in total. The summed E-state index contributed by atoms with van der Waals surface area (Å²) in [6, 6.07) is 0. The monoisotopic (exact) mass is 248 g/mol. The van der Waals surface area contributed by atoms with E-state index in [4.69, 9.17) is 9.84 Å². The number of aliphatic carboxylic acids is 1. The van der Waals surface area contributed by atoms with Crippen molar-refractivity contribution in [2.75, 3.05) is 6.61 Å². The fourth-order valence-corrected chi connectivity index (χ4v) is 2.34. The van der Waals surface area contributed by atoms with E-state index in [2.05, 4.69) is 0 Å². The number of carboxylic acids is 1. The van der Waals surface area contributed by atoms with Crippen molar-refractivity contribution in [1.29, 1.82) is 0 Å². The van der Waals surface area contributed by atoms with Gasteiger partial charge in [0.2, 0.25) is 0 Å².